The monoisotopic (exact) mass is 357 g/mol. The van der Waals surface area contributed by atoms with Crippen molar-refractivity contribution in [3.8, 4) is 0 Å². The molecule has 0 radical (unpaired) electrons. The fraction of sp³-hybridized carbons (Fsp3) is 0.250. The number of carbonyl (C=O) groups is 2. The molecule has 1 fully saturated rings. The highest BCUT2D eigenvalue weighted by Gasteiger charge is 2.28. The molecule has 136 valence electrons. The zero-order valence-electron chi connectivity index (χ0n) is 15.3. The van der Waals surface area contributed by atoms with Crippen LogP contribution >= 0.6 is 0 Å². The Morgan fingerprint density at radius 2 is 1.56 bits per heavy atom. The number of carbonyl (C=O) groups excluding carboxylic acids is 2. The Kier molecular flexibility index (Phi) is 5.01. The van der Waals surface area contributed by atoms with Gasteiger partial charge in [0.25, 0.3) is 0 Å². The molecule has 0 spiro atoms. The van der Waals surface area contributed by atoms with Crippen LogP contribution in [0.1, 0.15) is 42.5 Å². The quantitative estimate of drug-likeness (QED) is 0.545. The minimum absolute atomic E-state index is 0.0588. The SMILES string of the molecule is O=Cc1ccc(N(C(=O)C2CCCCC2)c2cccc3ccccc23)cc1. The molecule has 0 aliphatic heterocycles. The Balaban J connectivity index is 1.83. The number of benzene rings is 3. The highest BCUT2D eigenvalue weighted by molar-refractivity contribution is 6.09. The summed E-state index contributed by atoms with van der Waals surface area (Å²) < 4.78 is 0. The van der Waals surface area contributed by atoms with Crippen LogP contribution in [0.2, 0.25) is 0 Å². The van der Waals surface area contributed by atoms with Crippen LogP contribution in [0.25, 0.3) is 10.8 Å². The van der Waals surface area contributed by atoms with Crippen molar-refractivity contribution in [2.24, 2.45) is 5.92 Å². The third-order valence-corrected chi connectivity index (χ3v) is 5.47. The van der Waals surface area contributed by atoms with Crippen LogP contribution in [0.4, 0.5) is 11.4 Å². The molecule has 0 bridgehead atoms. The highest BCUT2D eigenvalue weighted by atomic mass is 16.2. The minimum Gasteiger partial charge on any atom is -0.298 e. The van der Waals surface area contributed by atoms with Gasteiger partial charge in [-0.1, -0.05) is 55.7 Å². The lowest BCUT2D eigenvalue weighted by molar-refractivity contribution is -0.122. The first kappa shape index (κ1) is 17.5. The van der Waals surface area contributed by atoms with Gasteiger partial charge in [-0.15, -0.1) is 0 Å². The maximum Gasteiger partial charge on any atom is 0.234 e. The van der Waals surface area contributed by atoms with Crippen molar-refractivity contribution in [3.05, 3.63) is 72.3 Å². The van der Waals surface area contributed by atoms with E-state index < -0.39 is 0 Å². The van der Waals surface area contributed by atoms with E-state index in [0.29, 0.717) is 5.56 Å². The topological polar surface area (TPSA) is 37.4 Å². The van der Waals surface area contributed by atoms with E-state index in [9.17, 15) is 9.59 Å². The Morgan fingerprint density at radius 3 is 2.30 bits per heavy atom. The summed E-state index contributed by atoms with van der Waals surface area (Å²) in [6.45, 7) is 0. The standard InChI is InChI=1S/C24H23NO2/c26-17-18-13-15-21(16-14-18)25(24(27)20-8-2-1-3-9-20)23-12-6-10-19-7-4-5-11-22(19)23/h4-7,10-17,20H,1-3,8-9H2. The van der Waals surface area contributed by atoms with Gasteiger partial charge < -0.3 is 0 Å². The normalized spacial score (nSPS) is 14.8. The zero-order valence-corrected chi connectivity index (χ0v) is 15.3. The fourth-order valence-corrected chi connectivity index (χ4v) is 4.02. The molecule has 0 atom stereocenters. The van der Waals surface area contributed by atoms with E-state index in [0.717, 1.165) is 54.1 Å². The summed E-state index contributed by atoms with van der Waals surface area (Å²) in [7, 11) is 0. The molecule has 0 aromatic heterocycles. The number of hydrogen-bond donors (Lipinski definition) is 0. The number of hydrogen-bond acceptors (Lipinski definition) is 2. The highest BCUT2D eigenvalue weighted by Crippen LogP contribution is 2.36. The Labute approximate surface area is 159 Å². The second kappa shape index (κ2) is 7.75. The lowest BCUT2D eigenvalue weighted by atomic mass is 9.88. The van der Waals surface area contributed by atoms with Gasteiger partial charge in [0.1, 0.15) is 6.29 Å². The lowest BCUT2D eigenvalue weighted by Gasteiger charge is -2.30. The van der Waals surface area contributed by atoms with Gasteiger partial charge in [0, 0.05) is 22.6 Å². The largest absolute Gasteiger partial charge is 0.298 e. The van der Waals surface area contributed by atoms with Gasteiger partial charge in [-0.05, 0) is 48.6 Å². The van der Waals surface area contributed by atoms with E-state index in [1.165, 1.54) is 6.42 Å². The first-order valence-corrected chi connectivity index (χ1v) is 9.65. The van der Waals surface area contributed by atoms with Crippen molar-refractivity contribution in [1.29, 1.82) is 0 Å². The fourth-order valence-electron chi connectivity index (χ4n) is 4.02. The van der Waals surface area contributed by atoms with E-state index in [-0.39, 0.29) is 11.8 Å². The smallest absolute Gasteiger partial charge is 0.234 e. The average molecular weight is 357 g/mol. The van der Waals surface area contributed by atoms with Crippen molar-refractivity contribution in [2.75, 3.05) is 4.90 Å². The maximum absolute atomic E-state index is 13.6. The molecular formula is C24H23NO2. The first-order valence-electron chi connectivity index (χ1n) is 9.65. The van der Waals surface area contributed by atoms with Gasteiger partial charge in [-0.2, -0.15) is 0 Å². The van der Waals surface area contributed by atoms with Crippen molar-refractivity contribution < 1.29 is 9.59 Å². The molecule has 0 saturated heterocycles. The van der Waals surface area contributed by atoms with Crippen LogP contribution in [0.15, 0.2) is 66.7 Å². The summed E-state index contributed by atoms with van der Waals surface area (Å²) in [6, 6.07) is 21.5. The Hall–Kier alpha value is -2.94. The first-order chi connectivity index (χ1) is 13.3. The van der Waals surface area contributed by atoms with Crippen molar-refractivity contribution in [2.45, 2.75) is 32.1 Å². The van der Waals surface area contributed by atoms with Crippen molar-refractivity contribution >= 4 is 34.3 Å². The molecule has 1 amide bonds. The van der Waals surface area contributed by atoms with E-state index >= 15 is 0 Å². The number of anilines is 2. The zero-order chi connectivity index (χ0) is 18.6. The van der Waals surface area contributed by atoms with E-state index in [2.05, 4.69) is 18.2 Å². The maximum atomic E-state index is 13.6. The van der Waals surface area contributed by atoms with Gasteiger partial charge in [0.2, 0.25) is 5.91 Å². The summed E-state index contributed by atoms with van der Waals surface area (Å²) in [5.74, 6) is 0.216. The van der Waals surface area contributed by atoms with Crippen LogP contribution in [-0.4, -0.2) is 12.2 Å². The van der Waals surface area contributed by atoms with Crippen molar-refractivity contribution in [1.82, 2.24) is 0 Å². The molecule has 3 nitrogen and oxygen atoms in total. The molecule has 1 aliphatic rings. The summed E-state index contributed by atoms with van der Waals surface area (Å²) >= 11 is 0. The average Bonchev–Trinajstić information content (AvgIpc) is 2.75. The van der Waals surface area contributed by atoms with Gasteiger partial charge in [0.15, 0.2) is 0 Å². The second-order valence-electron chi connectivity index (χ2n) is 7.22. The third-order valence-electron chi connectivity index (χ3n) is 5.47. The number of amides is 1. The molecule has 1 saturated carbocycles. The molecule has 3 heteroatoms. The predicted octanol–water partition coefficient (Wildman–Crippen LogP) is 5.90. The van der Waals surface area contributed by atoms with Gasteiger partial charge in [-0.25, -0.2) is 0 Å². The molecular weight excluding hydrogens is 334 g/mol. The molecule has 4 rings (SSSR count). The lowest BCUT2D eigenvalue weighted by Crippen LogP contribution is -2.33. The second-order valence-corrected chi connectivity index (χ2v) is 7.22. The van der Waals surface area contributed by atoms with E-state index in [4.69, 9.17) is 0 Å². The van der Waals surface area contributed by atoms with Crippen LogP contribution < -0.4 is 4.90 Å². The molecule has 3 aromatic rings. The molecule has 27 heavy (non-hydrogen) atoms. The minimum atomic E-state index is 0.0588. The molecule has 0 heterocycles. The van der Waals surface area contributed by atoms with Crippen LogP contribution in [0.3, 0.4) is 0 Å². The van der Waals surface area contributed by atoms with E-state index in [1.54, 1.807) is 12.1 Å². The summed E-state index contributed by atoms with van der Waals surface area (Å²) in [6.07, 6.45) is 6.17. The number of rotatable bonds is 4. The van der Waals surface area contributed by atoms with Crippen LogP contribution in [-0.2, 0) is 4.79 Å². The molecule has 0 N–H and O–H groups in total. The molecule has 3 aromatic carbocycles. The third kappa shape index (κ3) is 3.50. The number of nitrogens with zero attached hydrogens (tertiary/aromatic N) is 1. The Bertz CT molecular complexity index is 950. The summed E-state index contributed by atoms with van der Waals surface area (Å²) in [5, 5.41) is 2.17. The van der Waals surface area contributed by atoms with Crippen molar-refractivity contribution in [3.63, 3.8) is 0 Å². The summed E-state index contributed by atoms with van der Waals surface area (Å²) in [4.78, 5) is 26.4. The summed E-state index contributed by atoms with van der Waals surface area (Å²) in [5.41, 5.74) is 2.33. The molecule has 1 aliphatic carbocycles. The van der Waals surface area contributed by atoms with Crippen LogP contribution in [0, 0.1) is 5.92 Å². The van der Waals surface area contributed by atoms with E-state index in [1.807, 2.05) is 41.3 Å². The van der Waals surface area contributed by atoms with Gasteiger partial charge in [-0.3, -0.25) is 14.5 Å². The van der Waals surface area contributed by atoms with Crippen LogP contribution in [0.5, 0.6) is 0 Å². The number of aldehydes is 1. The number of fused-ring (bicyclic) bond motifs is 1. The van der Waals surface area contributed by atoms with Gasteiger partial charge >= 0.3 is 0 Å². The van der Waals surface area contributed by atoms with Gasteiger partial charge in [0.05, 0.1) is 5.69 Å². The predicted molar refractivity (Wildman–Crippen MR) is 109 cm³/mol. The molecule has 0 unspecified atom stereocenters. The Morgan fingerprint density at radius 1 is 0.852 bits per heavy atom.